The third-order valence-electron chi connectivity index (χ3n) is 7.25. The van der Waals surface area contributed by atoms with E-state index in [2.05, 4.69) is 66.9 Å². The van der Waals surface area contributed by atoms with Crippen molar-refractivity contribution in [1.82, 2.24) is 20.1 Å². The van der Waals surface area contributed by atoms with E-state index in [1.54, 1.807) is 11.1 Å². The van der Waals surface area contributed by atoms with Crippen LogP contribution in [-0.4, -0.2) is 58.2 Å². The summed E-state index contributed by atoms with van der Waals surface area (Å²) in [6.45, 7) is 15.4. The number of likely N-dealkylation sites (tertiary alicyclic amines) is 1. The van der Waals surface area contributed by atoms with E-state index in [0.29, 0.717) is 18.0 Å². The monoisotopic (exact) mass is 426 g/mol. The minimum absolute atomic E-state index is 0.410. The second kappa shape index (κ2) is 8.88. The molecule has 1 aromatic carbocycles. The highest BCUT2D eigenvalue weighted by Gasteiger charge is 2.41. The maximum atomic E-state index is 5.76. The van der Waals surface area contributed by atoms with E-state index in [4.69, 9.17) is 12.2 Å². The topological polar surface area (TPSA) is 34.3 Å². The molecule has 0 amide bonds. The molecule has 3 atom stereocenters. The van der Waals surface area contributed by atoms with Gasteiger partial charge in [-0.3, -0.25) is 4.90 Å². The summed E-state index contributed by atoms with van der Waals surface area (Å²) in [5.41, 5.74) is 7.29. The van der Waals surface area contributed by atoms with E-state index >= 15 is 0 Å². The average Bonchev–Trinajstić information content (AvgIpc) is 3.07. The van der Waals surface area contributed by atoms with Crippen molar-refractivity contribution >= 4 is 28.2 Å². The molecule has 2 aromatic rings. The number of H-pyrrole nitrogens is 1. The Morgan fingerprint density at radius 1 is 1.23 bits per heavy atom. The van der Waals surface area contributed by atoms with E-state index in [1.807, 2.05) is 0 Å². The van der Waals surface area contributed by atoms with E-state index in [1.165, 1.54) is 35.0 Å². The number of nitrogens with one attached hydrogen (secondary N) is 2. The Bertz CT molecular complexity index is 913. The first-order valence-corrected chi connectivity index (χ1v) is 12.3. The van der Waals surface area contributed by atoms with Gasteiger partial charge in [-0.1, -0.05) is 19.9 Å². The number of thiocarbonyl (C=S) groups is 1. The number of rotatable bonds is 6. The van der Waals surface area contributed by atoms with E-state index in [-0.39, 0.29) is 0 Å². The van der Waals surface area contributed by atoms with Crippen LogP contribution in [0, 0.1) is 6.92 Å². The van der Waals surface area contributed by atoms with Crippen molar-refractivity contribution in [3.05, 3.63) is 34.5 Å². The van der Waals surface area contributed by atoms with Crippen molar-refractivity contribution < 1.29 is 0 Å². The molecular formula is C25H38N4S. The molecule has 2 heterocycles. The number of aromatic amines is 1. The highest BCUT2D eigenvalue weighted by atomic mass is 32.1. The molecule has 0 saturated carbocycles. The number of hydrogen-bond donors (Lipinski definition) is 2. The maximum absolute atomic E-state index is 5.76. The zero-order valence-corrected chi connectivity index (χ0v) is 20.2. The lowest BCUT2D eigenvalue weighted by atomic mass is 9.73. The van der Waals surface area contributed by atoms with Crippen LogP contribution in [0.4, 0.5) is 0 Å². The molecule has 0 spiro atoms. The molecule has 1 unspecified atom stereocenters. The highest BCUT2D eigenvalue weighted by molar-refractivity contribution is 7.80. The quantitative estimate of drug-likeness (QED) is 0.654. The zero-order valence-electron chi connectivity index (χ0n) is 19.3. The molecule has 2 N–H and O–H groups in total. The van der Waals surface area contributed by atoms with Crippen molar-refractivity contribution in [1.29, 1.82) is 0 Å². The molecule has 5 heteroatoms. The van der Waals surface area contributed by atoms with E-state index in [9.17, 15) is 0 Å². The number of benzene rings is 1. The fourth-order valence-electron chi connectivity index (χ4n) is 5.91. The first-order chi connectivity index (χ1) is 14.5. The summed E-state index contributed by atoms with van der Waals surface area (Å²) in [4.78, 5) is 8.76. The van der Waals surface area contributed by atoms with Gasteiger partial charge >= 0.3 is 0 Å². The number of fused-ring (bicyclic) bond motifs is 2. The van der Waals surface area contributed by atoms with Crippen LogP contribution < -0.4 is 5.32 Å². The molecule has 4 rings (SSSR count). The van der Waals surface area contributed by atoms with Crippen LogP contribution in [0.3, 0.4) is 0 Å². The van der Waals surface area contributed by atoms with Gasteiger partial charge in [0.2, 0.25) is 0 Å². The standard InChI is InChI=1S/C25H38N4S/c1-6-10-29-15-17(26-25(30)28(8-3)9-4)13-18-19-11-16(5)12-22-24(19)20(14-23(18)29)21(7-2)27-22/h11-12,17-18,23,27H,6-10,13-15H2,1-5H3,(H,26,30)/t17-,18?,23+/m0/s1. The van der Waals surface area contributed by atoms with Crippen molar-refractivity contribution in [2.75, 3.05) is 26.2 Å². The Morgan fingerprint density at radius 3 is 2.67 bits per heavy atom. The summed E-state index contributed by atoms with van der Waals surface area (Å²) in [6, 6.07) is 5.81. The lowest BCUT2D eigenvalue weighted by Gasteiger charge is -2.48. The van der Waals surface area contributed by atoms with Gasteiger partial charge in [-0.15, -0.1) is 0 Å². The second-order valence-electron chi connectivity index (χ2n) is 9.14. The lowest BCUT2D eigenvalue weighted by Crippen LogP contribution is -2.57. The van der Waals surface area contributed by atoms with Crippen LogP contribution in [-0.2, 0) is 12.8 Å². The molecule has 0 bridgehead atoms. The third-order valence-corrected chi connectivity index (χ3v) is 7.62. The Balaban J connectivity index is 1.71. The molecule has 164 valence electrons. The van der Waals surface area contributed by atoms with Crippen LogP contribution in [0.15, 0.2) is 12.1 Å². The smallest absolute Gasteiger partial charge is 0.169 e. The average molecular weight is 427 g/mol. The lowest BCUT2D eigenvalue weighted by molar-refractivity contribution is 0.104. The molecule has 1 aliphatic heterocycles. The van der Waals surface area contributed by atoms with Crippen molar-refractivity contribution in [2.24, 2.45) is 0 Å². The van der Waals surface area contributed by atoms with Crippen LogP contribution in [0.1, 0.15) is 68.8 Å². The Labute approximate surface area is 187 Å². The first-order valence-electron chi connectivity index (χ1n) is 11.9. The third kappa shape index (κ3) is 3.75. The van der Waals surface area contributed by atoms with Gasteiger partial charge in [-0.05, 0) is 88.0 Å². The van der Waals surface area contributed by atoms with Crippen LogP contribution in [0.25, 0.3) is 10.9 Å². The van der Waals surface area contributed by atoms with Gasteiger partial charge in [-0.25, -0.2) is 0 Å². The summed E-state index contributed by atoms with van der Waals surface area (Å²) < 4.78 is 0. The molecule has 4 nitrogen and oxygen atoms in total. The number of hydrogen-bond acceptors (Lipinski definition) is 2. The molecule has 1 fully saturated rings. The van der Waals surface area contributed by atoms with Crippen molar-refractivity contribution in [3.63, 3.8) is 0 Å². The molecule has 0 radical (unpaired) electrons. The molecule has 1 saturated heterocycles. The minimum Gasteiger partial charge on any atom is -0.359 e. The molecule has 1 aliphatic carbocycles. The summed E-state index contributed by atoms with van der Waals surface area (Å²) in [5.74, 6) is 0.567. The minimum atomic E-state index is 0.410. The first kappa shape index (κ1) is 21.6. The predicted molar refractivity (Wildman–Crippen MR) is 132 cm³/mol. The number of nitrogens with zero attached hydrogens (tertiary/aromatic N) is 2. The Kier molecular flexibility index (Phi) is 6.40. The Hall–Kier alpha value is -1.59. The van der Waals surface area contributed by atoms with Crippen LogP contribution >= 0.6 is 12.2 Å². The molecule has 1 aromatic heterocycles. The largest absolute Gasteiger partial charge is 0.359 e. The van der Waals surface area contributed by atoms with E-state index in [0.717, 1.165) is 44.1 Å². The Morgan fingerprint density at radius 2 is 2.00 bits per heavy atom. The fraction of sp³-hybridized carbons (Fsp3) is 0.640. The molecule has 30 heavy (non-hydrogen) atoms. The maximum Gasteiger partial charge on any atom is 0.169 e. The SMILES string of the molecule is CCCN1C[C@@H](NC(=S)N(CC)CC)CC2c3cc(C)cc4[nH]c(CC)c(c34)C[C@H]21. The highest BCUT2D eigenvalue weighted by Crippen LogP contribution is 2.45. The summed E-state index contributed by atoms with van der Waals surface area (Å²) in [6.07, 6.45) is 4.62. The van der Waals surface area contributed by atoms with Crippen molar-refractivity contribution in [2.45, 2.75) is 78.3 Å². The van der Waals surface area contributed by atoms with Crippen LogP contribution in [0.5, 0.6) is 0 Å². The second-order valence-corrected chi connectivity index (χ2v) is 9.53. The van der Waals surface area contributed by atoms with Gasteiger partial charge in [-0.2, -0.15) is 0 Å². The van der Waals surface area contributed by atoms with Gasteiger partial charge in [0.05, 0.1) is 0 Å². The summed E-state index contributed by atoms with van der Waals surface area (Å²) in [5, 5.41) is 6.17. The summed E-state index contributed by atoms with van der Waals surface area (Å²) >= 11 is 5.76. The van der Waals surface area contributed by atoms with Crippen LogP contribution in [0.2, 0.25) is 0 Å². The van der Waals surface area contributed by atoms with Gasteiger partial charge in [0.15, 0.2) is 5.11 Å². The zero-order chi connectivity index (χ0) is 21.4. The molecular weight excluding hydrogens is 388 g/mol. The number of aromatic nitrogens is 1. The van der Waals surface area contributed by atoms with E-state index < -0.39 is 0 Å². The predicted octanol–water partition coefficient (Wildman–Crippen LogP) is 4.75. The number of piperidine rings is 1. The van der Waals surface area contributed by atoms with Crippen molar-refractivity contribution in [3.8, 4) is 0 Å². The van der Waals surface area contributed by atoms with Gasteiger partial charge < -0.3 is 15.2 Å². The van der Waals surface area contributed by atoms with Gasteiger partial charge in [0.1, 0.15) is 0 Å². The van der Waals surface area contributed by atoms with Gasteiger partial charge in [0, 0.05) is 54.2 Å². The fourth-order valence-corrected chi connectivity index (χ4v) is 6.33. The van der Waals surface area contributed by atoms with Gasteiger partial charge in [0.25, 0.3) is 0 Å². The number of aryl methyl sites for hydroxylation is 2. The normalized spacial score (nSPS) is 23.4. The molecule has 2 aliphatic rings. The summed E-state index contributed by atoms with van der Waals surface area (Å²) in [7, 11) is 0.